The quantitative estimate of drug-likeness (QED) is 0.377. The summed E-state index contributed by atoms with van der Waals surface area (Å²) < 4.78 is 29.8. The summed E-state index contributed by atoms with van der Waals surface area (Å²) in [6.45, 7) is 9.85. The Hall–Kier alpha value is -2.55. The first-order valence-electron chi connectivity index (χ1n) is 12.3. The van der Waals surface area contributed by atoms with Crippen LogP contribution in [0.15, 0.2) is 65.4 Å². The minimum Gasteiger partial charge on any atom is -0.491 e. The van der Waals surface area contributed by atoms with Gasteiger partial charge < -0.3 is 9.26 Å². The van der Waals surface area contributed by atoms with Crippen molar-refractivity contribution in [1.82, 2.24) is 14.4 Å². The number of hydrogen-bond donors (Lipinski definition) is 0. The lowest BCUT2D eigenvalue weighted by Gasteiger charge is -2.47. The van der Waals surface area contributed by atoms with Gasteiger partial charge in [-0.1, -0.05) is 23.4 Å². The fraction of sp³-hybridized carbons (Fsp3) is 0.444. The third kappa shape index (κ3) is 5.50. The second-order valence-corrected chi connectivity index (χ2v) is 11.0. The van der Waals surface area contributed by atoms with Gasteiger partial charge in [0.2, 0.25) is 0 Å². The van der Waals surface area contributed by atoms with E-state index in [9.17, 15) is 4.39 Å². The summed E-state index contributed by atoms with van der Waals surface area (Å²) in [6, 6.07) is 17.7. The molecule has 0 radical (unpaired) electrons. The van der Waals surface area contributed by atoms with Crippen molar-refractivity contribution in [1.29, 1.82) is 0 Å². The molecule has 0 aliphatic carbocycles. The standard InChI is InChI=1S/C27H33FN4O2S/c1-20(2)34-26-9-4-6-22(14-26)17-30-12-11-27(16-21(30)3)19-31(18-24-10-13-33-29-24)35-32(27)25-8-5-7-23(28)15-25/h4-10,13-15,20-21H,11-12,16-19H2,1-3H3/t21-,27+/m0/s1. The summed E-state index contributed by atoms with van der Waals surface area (Å²) in [6.07, 6.45) is 3.76. The van der Waals surface area contributed by atoms with E-state index in [1.54, 1.807) is 30.5 Å². The zero-order valence-electron chi connectivity index (χ0n) is 20.6. The summed E-state index contributed by atoms with van der Waals surface area (Å²) in [5.74, 6) is 0.716. The highest BCUT2D eigenvalue weighted by atomic mass is 32.2. The van der Waals surface area contributed by atoms with Crippen molar-refractivity contribution in [3.8, 4) is 5.75 Å². The Morgan fingerprint density at radius 3 is 2.77 bits per heavy atom. The van der Waals surface area contributed by atoms with Gasteiger partial charge >= 0.3 is 0 Å². The lowest BCUT2D eigenvalue weighted by molar-refractivity contribution is 0.0981. The van der Waals surface area contributed by atoms with Crippen LogP contribution in [-0.2, 0) is 13.1 Å². The third-order valence-corrected chi connectivity index (χ3v) is 8.04. The summed E-state index contributed by atoms with van der Waals surface area (Å²) in [5.41, 5.74) is 3.00. The van der Waals surface area contributed by atoms with Gasteiger partial charge in [0, 0.05) is 43.9 Å². The second-order valence-electron chi connectivity index (χ2n) is 9.96. The number of likely N-dealkylation sites (tertiary alicyclic amines) is 1. The summed E-state index contributed by atoms with van der Waals surface area (Å²) >= 11 is 1.67. The number of piperidine rings is 1. The first-order chi connectivity index (χ1) is 16.9. The molecule has 0 N–H and O–H groups in total. The Bertz CT molecular complexity index is 1130. The van der Waals surface area contributed by atoms with Crippen LogP contribution in [0, 0.1) is 5.82 Å². The lowest BCUT2D eigenvalue weighted by atomic mass is 9.82. The van der Waals surface area contributed by atoms with Gasteiger partial charge in [-0.3, -0.25) is 9.21 Å². The summed E-state index contributed by atoms with van der Waals surface area (Å²) in [4.78, 5) is 2.55. The molecule has 1 aromatic heterocycles. The van der Waals surface area contributed by atoms with Crippen molar-refractivity contribution in [2.24, 2.45) is 0 Å². The van der Waals surface area contributed by atoms with Crippen molar-refractivity contribution in [2.45, 2.75) is 64.4 Å². The first-order valence-corrected chi connectivity index (χ1v) is 13.0. The molecule has 0 amide bonds. The molecule has 2 aliphatic rings. The SMILES string of the molecule is CC(C)Oc1cccc(CN2CC[C@@]3(C[C@@H]2C)CN(Cc2ccon2)SN3c2cccc(F)c2)c1. The van der Waals surface area contributed by atoms with Crippen LogP contribution in [0.1, 0.15) is 44.9 Å². The number of benzene rings is 2. The molecule has 3 heterocycles. The maximum Gasteiger partial charge on any atom is 0.125 e. The molecule has 2 aromatic carbocycles. The fourth-order valence-corrected chi connectivity index (χ4v) is 6.59. The molecule has 186 valence electrons. The Kier molecular flexibility index (Phi) is 7.05. The normalized spacial score (nSPS) is 23.5. The molecule has 5 rings (SSSR count). The van der Waals surface area contributed by atoms with E-state index in [1.165, 1.54) is 11.6 Å². The molecule has 2 aliphatic heterocycles. The Balaban J connectivity index is 1.33. The molecular formula is C27H33FN4O2S. The smallest absolute Gasteiger partial charge is 0.125 e. The molecule has 2 atom stereocenters. The van der Waals surface area contributed by atoms with E-state index >= 15 is 0 Å². The Morgan fingerprint density at radius 2 is 2.03 bits per heavy atom. The summed E-state index contributed by atoms with van der Waals surface area (Å²) in [7, 11) is 0. The lowest BCUT2D eigenvalue weighted by Crippen LogP contribution is -2.56. The number of aromatic nitrogens is 1. The van der Waals surface area contributed by atoms with Crippen LogP contribution in [0.5, 0.6) is 5.75 Å². The van der Waals surface area contributed by atoms with Gasteiger partial charge in [0.25, 0.3) is 0 Å². The largest absolute Gasteiger partial charge is 0.491 e. The van der Waals surface area contributed by atoms with Crippen LogP contribution < -0.4 is 9.04 Å². The van der Waals surface area contributed by atoms with Crippen molar-refractivity contribution >= 4 is 17.8 Å². The average molecular weight is 497 g/mol. The molecule has 2 fully saturated rings. The number of rotatable bonds is 7. The van der Waals surface area contributed by atoms with Crippen LogP contribution in [0.4, 0.5) is 10.1 Å². The predicted molar refractivity (Wildman–Crippen MR) is 137 cm³/mol. The zero-order chi connectivity index (χ0) is 24.4. The van der Waals surface area contributed by atoms with E-state index in [4.69, 9.17) is 9.26 Å². The minimum absolute atomic E-state index is 0.0826. The highest BCUT2D eigenvalue weighted by Crippen LogP contribution is 2.48. The van der Waals surface area contributed by atoms with Crippen LogP contribution in [0.2, 0.25) is 0 Å². The number of hydrogen-bond acceptors (Lipinski definition) is 7. The predicted octanol–water partition coefficient (Wildman–Crippen LogP) is 5.91. The summed E-state index contributed by atoms with van der Waals surface area (Å²) in [5, 5.41) is 4.10. The molecular weight excluding hydrogens is 463 g/mol. The third-order valence-electron chi connectivity index (χ3n) is 6.79. The van der Waals surface area contributed by atoms with Crippen molar-refractivity contribution < 1.29 is 13.7 Å². The van der Waals surface area contributed by atoms with E-state index < -0.39 is 0 Å². The number of nitrogens with zero attached hydrogens (tertiary/aromatic N) is 4. The van der Waals surface area contributed by atoms with Gasteiger partial charge in [-0.15, -0.1) is 0 Å². The van der Waals surface area contributed by atoms with Crippen LogP contribution in [0.25, 0.3) is 0 Å². The average Bonchev–Trinajstić information content (AvgIpc) is 3.44. The fourth-order valence-electron chi connectivity index (χ4n) is 5.27. The molecule has 6 nitrogen and oxygen atoms in total. The molecule has 0 bridgehead atoms. The molecule has 3 aromatic rings. The Morgan fingerprint density at radius 1 is 1.17 bits per heavy atom. The van der Waals surface area contributed by atoms with Gasteiger partial charge in [-0.05, 0) is 69.5 Å². The van der Waals surface area contributed by atoms with E-state index in [2.05, 4.69) is 57.6 Å². The monoisotopic (exact) mass is 496 g/mol. The number of halogens is 1. The van der Waals surface area contributed by atoms with Gasteiger partial charge in [-0.25, -0.2) is 8.70 Å². The molecule has 0 unspecified atom stereocenters. The van der Waals surface area contributed by atoms with Gasteiger partial charge in [0.1, 0.15) is 17.8 Å². The van der Waals surface area contributed by atoms with Crippen molar-refractivity contribution in [3.05, 3.63) is 77.9 Å². The maximum absolute atomic E-state index is 14.2. The molecule has 35 heavy (non-hydrogen) atoms. The first kappa shape index (κ1) is 24.2. The van der Waals surface area contributed by atoms with Gasteiger partial charge in [0.05, 0.1) is 29.6 Å². The Labute approximate surface area is 211 Å². The number of ether oxygens (including phenoxy) is 1. The maximum atomic E-state index is 14.2. The molecule has 0 saturated carbocycles. The molecule has 8 heteroatoms. The highest BCUT2D eigenvalue weighted by Gasteiger charge is 2.49. The number of anilines is 1. The topological polar surface area (TPSA) is 45.0 Å². The van der Waals surface area contributed by atoms with Crippen LogP contribution >= 0.6 is 12.1 Å². The van der Waals surface area contributed by atoms with E-state index in [0.717, 1.165) is 49.6 Å². The van der Waals surface area contributed by atoms with E-state index in [1.807, 2.05) is 18.2 Å². The van der Waals surface area contributed by atoms with E-state index in [-0.39, 0.29) is 17.5 Å². The van der Waals surface area contributed by atoms with Crippen LogP contribution in [-0.4, -0.2) is 45.1 Å². The van der Waals surface area contributed by atoms with Crippen LogP contribution in [0.3, 0.4) is 0 Å². The van der Waals surface area contributed by atoms with Crippen molar-refractivity contribution in [2.75, 3.05) is 17.4 Å². The van der Waals surface area contributed by atoms with Gasteiger partial charge in [0.15, 0.2) is 0 Å². The van der Waals surface area contributed by atoms with Crippen molar-refractivity contribution in [3.63, 3.8) is 0 Å². The highest BCUT2D eigenvalue weighted by molar-refractivity contribution is 7.98. The van der Waals surface area contributed by atoms with E-state index in [0.29, 0.717) is 12.6 Å². The zero-order valence-corrected chi connectivity index (χ0v) is 21.4. The molecule has 1 spiro atoms. The second kappa shape index (κ2) is 10.2. The van der Waals surface area contributed by atoms with Gasteiger partial charge in [-0.2, -0.15) is 0 Å². The minimum atomic E-state index is -0.206. The molecule has 2 saturated heterocycles.